The minimum atomic E-state index is 1.00. The molecule has 0 aromatic heterocycles. The first-order valence-electron chi connectivity index (χ1n) is 10.2. The van der Waals surface area contributed by atoms with Crippen molar-refractivity contribution in [2.75, 3.05) is 0 Å². The Hall–Kier alpha value is -3.64. The fraction of sp³-hybridized carbons (Fsp3) is 0.0345. The molecule has 5 aromatic rings. The Morgan fingerprint density at radius 3 is 1.83 bits per heavy atom. The van der Waals surface area contributed by atoms with Crippen molar-refractivity contribution in [3.63, 3.8) is 0 Å². The van der Waals surface area contributed by atoms with Gasteiger partial charge < -0.3 is 0 Å². The lowest BCUT2D eigenvalue weighted by atomic mass is 9.90. The van der Waals surface area contributed by atoms with E-state index in [1.807, 2.05) is 0 Å². The first-order chi connectivity index (χ1) is 14.4. The molecule has 0 heterocycles. The van der Waals surface area contributed by atoms with E-state index >= 15 is 0 Å². The third-order valence-corrected chi connectivity index (χ3v) is 6.08. The molecule has 0 amide bonds. The van der Waals surface area contributed by atoms with Gasteiger partial charge in [0.15, 0.2) is 0 Å². The molecule has 0 spiro atoms. The van der Waals surface area contributed by atoms with Crippen molar-refractivity contribution in [2.24, 2.45) is 0 Å². The van der Waals surface area contributed by atoms with Gasteiger partial charge in [0.2, 0.25) is 0 Å². The molecule has 29 heavy (non-hydrogen) atoms. The van der Waals surface area contributed by atoms with Crippen molar-refractivity contribution < 1.29 is 0 Å². The van der Waals surface area contributed by atoms with E-state index in [4.69, 9.17) is 0 Å². The standard InChI is InChI=1S/C29H20/c1-3-9-20(10-4-1)22-15-16-23-17-24-19-27(21-11-5-2-6-12-21)25-13-7-8-14-26(25)29(24)28(23)18-22/h1-16,18-19H,17H2. The van der Waals surface area contributed by atoms with Gasteiger partial charge in [0.05, 0.1) is 0 Å². The molecule has 136 valence electrons. The minimum absolute atomic E-state index is 1.00. The third kappa shape index (κ3) is 2.61. The van der Waals surface area contributed by atoms with Crippen LogP contribution in [0.2, 0.25) is 0 Å². The van der Waals surface area contributed by atoms with Crippen LogP contribution in [0, 0.1) is 0 Å². The van der Waals surface area contributed by atoms with Gasteiger partial charge in [-0.25, -0.2) is 0 Å². The largest absolute Gasteiger partial charge is 0.0622 e. The molecule has 0 aliphatic heterocycles. The Labute approximate surface area is 171 Å². The summed E-state index contributed by atoms with van der Waals surface area (Å²) in [6.45, 7) is 0. The molecule has 0 bridgehead atoms. The molecule has 0 nitrogen and oxygen atoms in total. The van der Waals surface area contributed by atoms with Crippen LogP contribution in [0.3, 0.4) is 0 Å². The average Bonchev–Trinajstić information content (AvgIpc) is 3.17. The van der Waals surface area contributed by atoms with E-state index in [0.717, 1.165) is 6.42 Å². The van der Waals surface area contributed by atoms with Gasteiger partial charge in [-0.15, -0.1) is 0 Å². The first kappa shape index (κ1) is 16.3. The molecule has 0 unspecified atom stereocenters. The second-order valence-electron chi connectivity index (χ2n) is 7.78. The number of fused-ring (bicyclic) bond motifs is 5. The first-order valence-corrected chi connectivity index (χ1v) is 10.2. The molecule has 0 saturated carbocycles. The van der Waals surface area contributed by atoms with Crippen molar-refractivity contribution >= 4 is 10.8 Å². The minimum Gasteiger partial charge on any atom is -0.0622 e. The Kier molecular flexibility index (Phi) is 3.64. The SMILES string of the molecule is c1ccc(-c2ccc3c(c2)-c2c(cc(-c4ccccc4)c4ccccc24)C3)cc1. The molecular weight excluding hydrogens is 348 g/mol. The fourth-order valence-electron chi connectivity index (χ4n) is 4.73. The lowest BCUT2D eigenvalue weighted by Crippen LogP contribution is -1.88. The molecule has 1 aliphatic rings. The van der Waals surface area contributed by atoms with Gasteiger partial charge in [0.1, 0.15) is 0 Å². The van der Waals surface area contributed by atoms with Crippen LogP contribution in [0.4, 0.5) is 0 Å². The van der Waals surface area contributed by atoms with Gasteiger partial charge in [-0.3, -0.25) is 0 Å². The van der Waals surface area contributed by atoms with E-state index in [9.17, 15) is 0 Å². The normalized spacial score (nSPS) is 12.0. The van der Waals surface area contributed by atoms with E-state index in [-0.39, 0.29) is 0 Å². The van der Waals surface area contributed by atoms with E-state index in [1.54, 1.807) is 0 Å². The Bertz CT molecular complexity index is 1350. The molecule has 5 aromatic carbocycles. The lowest BCUT2D eigenvalue weighted by molar-refractivity contribution is 1.27. The van der Waals surface area contributed by atoms with Crippen molar-refractivity contribution in [2.45, 2.75) is 6.42 Å². The zero-order valence-electron chi connectivity index (χ0n) is 16.1. The number of hydrogen-bond donors (Lipinski definition) is 0. The highest BCUT2D eigenvalue weighted by molar-refractivity contribution is 6.08. The van der Waals surface area contributed by atoms with E-state index in [1.165, 1.54) is 55.3 Å². The molecule has 1 aliphatic carbocycles. The third-order valence-electron chi connectivity index (χ3n) is 6.08. The van der Waals surface area contributed by atoms with Gasteiger partial charge in [0, 0.05) is 0 Å². The summed E-state index contributed by atoms with van der Waals surface area (Å²) in [6, 6.07) is 39.7. The van der Waals surface area contributed by atoms with Crippen LogP contribution in [0.5, 0.6) is 0 Å². The highest BCUT2D eigenvalue weighted by Crippen LogP contribution is 2.45. The van der Waals surface area contributed by atoms with Crippen molar-refractivity contribution in [3.05, 3.63) is 120 Å². The molecule has 0 heteroatoms. The summed E-state index contributed by atoms with van der Waals surface area (Å²) in [5.41, 5.74) is 10.8. The molecular formula is C29H20. The van der Waals surface area contributed by atoms with Gasteiger partial charge in [-0.05, 0) is 73.8 Å². The summed E-state index contributed by atoms with van der Waals surface area (Å²) in [6.07, 6.45) is 1.00. The zero-order chi connectivity index (χ0) is 19.2. The van der Waals surface area contributed by atoms with Crippen LogP contribution >= 0.6 is 0 Å². The van der Waals surface area contributed by atoms with E-state index < -0.39 is 0 Å². The molecule has 0 atom stereocenters. The smallest absolute Gasteiger partial charge is 0.00130 e. The summed E-state index contributed by atoms with van der Waals surface area (Å²) in [7, 11) is 0. The summed E-state index contributed by atoms with van der Waals surface area (Å²) < 4.78 is 0. The summed E-state index contributed by atoms with van der Waals surface area (Å²) in [4.78, 5) is 0. The Morgan fingerprint density at radius 1 is 0.414 bits per heavy atom. The maximum absolute atomic E-state index is 2.41. The van der Waals surface area contributed by atoms with Crippen LogP contribution < -0.4 is 0 Å². The van der Waals surface area contributed by atoms with Gasteiger partial charge in [-0.2, -0.15) is 0 Å². The topological polar surface area (TPSA) is 0 Å². The monoisotopic (exact) mass is 368 g/mol. The van der Waals surface area contributed by atoms with E-state index in [0.29, 0.717) is 0 Å². The van der Waals surface area contributed by atoms with Crippen molar-refractivity contribution in [3.8, 4) is 33.4 Å². The van der Waals surface area contributed by atoms with E-state index in [2.05, 4.69) is 109 Å². The molecule has 0 saturated heterocycles. The number of hydrogen-bond acceptors (Lipinski definition) is 0. The summed E-state index contributed by atoms with van der Waals surface area (Å²) in [5.74, 6) is 0. The second kappa shape index (κ2) is 6.46. The van der Waals surface area contributed by atoms with Crippen LogP contribution in [0.1, 0.15) is 11.1 Å². The quantitative estimate of drug-likeness (QED) is 0.293. The Morgan fingerprint density at radius 2 is 1.07 bits per heavy atom. The fourth-order valence-corrected chi connectivity index (χ4v) is 4.73. The molecule has 0 radical (unpaired) electrons. The van der Waals surface area contributed by atoms with Gasteiger partial charge in [-0.1, -0.05) is 97.1 Å². The highest BCUT2D eigenvalue weighted by Gasteiger charge is 2.23. The van der Waals surface area contributed by atoms with Crippen molar-refractivity contribution in [1.29, 1.82) is 0 Å². The molecule has 0 fully saturated rings. The Balaban J connectivity index is 1.61. The molecule has 0 N–H and O–H groups in total. The maximum atomic E-state index is 2.41. The predicted octanol–water partition coefficient (Wildman–Crippen LogP) is 7.75. The van der Waals surface area contributed by atoms with Gasteiger partial charge in [0.25, 0.3) is 0 Å². The number of rotatable bonds is 2. The van der Waals surface area contributed by atoms with Gasteiger partial charge >= 0.3 is 0 Å². The maximum Gasteiger partial charge on any atom is -0.00130 e. The lowest BCUT2D eigenvalue weighted by Gasteiger charge is -2.13. The predicted molar refractivity (Wildman–Crippen MR) is 123 cm³/mol. The zero-order valence-corrected chi connectivity index (χ0v) is 16.1. The second-order valence-corrected chi connectivity index (χ2v) is 7.78. The van der Waals surface area contributed by atoms with Crippen LogP contribution in [0.25, 0.3) is 44.2 Å². The highest BCUT2D eigenvalue weighted by atomic mass is 14.3. The van der Waals surface area contributed by atoms with Crippen LogP contribution in [0.15, 0.2) is 109 Å². The summed E-state index contributed by atoms with van der Waals surface area (Å²) >= 11 is 0. The molecule has 6 rings (SSSR count). The number of benzene rings is 5. The van der Waals surface area contributed by atoms with Crippen LogP contribution in [-0.2, 0) is 6.42 Å². The summed E-state index contributed by atoms with van der Waals surface area (Å²) in [5, 5.41) is 2.68. The van der Waals surface area contributed by atoms with Crippen LogP contribution in [-0.4, -0.2) is 0 Å². The van der Waals surface area contributed by atoms with Crippen molar-refractivity contribution in [1.82, 2.24) is 0 Å². The average molecular weight is 368 g/mol.